The SMILES string of the molecule is CC[C@@H]1CC(=O)c2c(C)cccc2NC1=O. The van der Waals surface area contributed by atoms with Gasteiger partial charge in [-0.15, -0.1) is 0 Å². The fraction of sp³-hybridized carbons (Fsp3) is 0.385. The van der Waals surface area contributed by atoms with Gasteiger partial charge >= 0.3 is 0 Å². The van der Waals surface area contributed by atoms with Crippen LogP contribution in [0.2, 0.25) is 0 Å². The molecule has 0 unspecified atom stereocenters. The van der Waals surface area contributed by atoms with E-state index in [4.69, 9.17) is 0 Å². The summed E-state index contributed by atoms with van der Waals surface area (Å²) in [6, 6.07) is 5.54. The highest BCUT2D eigenvalue weighted by Crippen LogP contribution is 2.28. The van der Waals surface area contributed by atoms with Crippen LogP contribution in [-0.4, -0.2) is 11.7 Å². The number of fused-ring (bicyclic) bond motifs is 1. The Morgan fingerprint density at radius 1 is 1.38 bits per heavy atom. The largest absolute Gasteiger partial charge is 0.325 e. The summed E-state index contributed by atoms with van der Waals surface area (Å²) in [6.07, 6.45) is 1.02. The maximum atomic E-state index is 12.0. The monoisotopic (exact) mass is 217 g/mol. The Balaban J connectivity index is 2.49. The molecule has 1 heterocycles. The van der Waals surface area contributed by atoms with Crippen molar-refractivity contribution < 1.29 is 9.59 Å². The molecule has 3 heteroatoms. The van der Waals surface area contributed by atoms with Crippen LogP contribution in [0.15, 0.2) is 18.2 Å². The van der Waals surface area contributed by atoms with Crippen LogP contribution in [-0.2, 0) is 4.79 Å². The molecule has 84 valence electrons. The van der Waals surface area contributed by atoms with Gasteiger partial charge in [0, 0.05) is 17.9 Å². The molecule has 0 saturated carbocycles. The van der Waals surface area contributed by atoms with E-state index in [1.165, 1.54) is 0 Å². The Hall–Kier alpha value is -1.64. The van der Waals surface area contributed by atoms with Crippen molar-refractivity contribution in [3.63, 3.8) is 0 Å². The van der Waals surface area contributed by atoms with Crippen molar-refractivity contribution in [3.05, 3.63) is 29.3 Å². The lowest BCUT2D eigenvalue weighted by molar-refractivity contribution is -0.119. The summed E-state index contributed by atoms with van der Waals surface area (Å²) in [5.41, 5.74) is 2.26. The van der Waals surface area contributed by atoms with Gasteiger partial charge in [-0.1, -0.05) is 19.1 Å². The topological polar surface area (TPSA) is 46.2 Å². The smallest absolute Gasteiger partial charge is 0.227 e. The summed E-state index contributed by atoms with van der Waals surface area (Å²) in [5.74, 6) is -0.169. The molecule has 16 heavy (non-hydrogen) atoms. The number of carbonyl (C=O) groups excluding carboxylic acids is 2. The number of amides is 1. The second kappa shape index (κ2) is 4.08. The molecular formula is C13H15NO2. The Labute approximate surface area is 94.9 Å². The van der Waals surface area contributed by atoms with Crippen molar-refractivity contribution in [1.29, 1.82) is 0 Å². The van der Waals surface area contributed by atoms with Gasteiger partial charge in [0.05, 0.1) is 5.69 Å². The van der Waals surface area contributed by atoms with Gasteiger partial charge in [0.2, 0.25) is 5.91 Å². The zero-order valence-electron chi connectivity index (χ0n) is 9.54. The summed E-state index contributed by atoms with van der Waals surface area (Å²) in [6.45, 7) is 3.83. The maximum absolute atomic E-state index is 12.0. The van der Waals surface area contributed by atoms with E-state index in [9.17, 15) is 9.59 Å². The van der Waals surface area contributed by atoms with Crippen LogP contribution in [0.3, 0.4) is 0 Å². The summed E-state index contributed by atoms with van der Waals surface area (Å²) in [4.78, 5) is 23.9. The molecule has 1 N–H and O–H groups in total. The number of benzene rings is 1. The highest BCUT2D eigenvalue weighted by atomic mass is 16.2. The Morgan fingerprint density at radius 2 is 2.12 bits per heavy atom. The molecule has 1 amide bonds. The van der Waals surface area contributed by atoms with E-state index in [2.05, 4.69) is 5.32 Å². The van der Waals surface area contributed by atoms with Gasteiger partial charge < -0.3 is 5.32 Å². The molecule has 0 aliphatic carbocycles. The minimum absolute atomic E-state index is 0.0415. The first-order valence-corrected chi connectivity index (χ1v) is 5.57. The third kappa shape index (κ3) is 1.73. The van der Waals surface area contributed by atoms with Crippen molar-refractivity contribution in [2.45, 2.75) is 26.7 Å². The molecule has 0 saturated heterocycles. The van der Waals surface area contributed by atoms with E-state index in [-0.39, 0.29) is 17.6 Å². The highest BCUT2D eigenvalue weighted by Gasteiger charge is 2.27. The van der Waals surface area contributed by atoms with Crippen LogP contribution < -0.4 is 5.32 Å². The molecule has 1 aromatic carbocycles. The summed E-state index contributed by atoms with van der Waals surface area (Å²) in [5, 5.41) is 2.83. The fourth-order valence-corrected chi connectivity index (χ4v) is 2.13. The Morgan fingerprint density at radius 3 is 2.81 bits per heavy atom. The molecule has 0 spiro atoms. The van der Waals surface area contributed by atoms with Gasteiger partial charge in [0.1, 0.15) is 0 Å². The normalized spacial score (nSPS) is 20.0. The summed E-state index contributed by atoms with van der Waals surface area (Å²) < 4.78 is 0. The Bertz CT molecular complexity index is 451. The number of nitrogens with one attached hydrogen (secondary N) is 1. The lowest BCUT2D eigenvalue weighted by atomic mass is 9.95. The third-order valence-electron chi connectivity index (χ3n) is 3.10. The van der Waals surface area contributed by atoms with E-state index in [1.807, 2.05) is 26.0 Å². The van der Waals surface area contributed by atoms with E-state index in [0.717, 1.165) is 5.56 Å². The number of hydrogen-bond donors (Lipinski definition) is 1. The minimum Gasteiger partial charge on any atom is -0.325 e. The molecule has 3 nitrogen and oxygen atoms in total. The second-order valence-corrected chi connectivity index (χ2v) is 4.22. The van der Waals surface area contributed by atoms with Crippen molar-refractivity contribution in [2.24, 2.45) is 5.92 Å². The quantitative estimate of drug-likeness (QED) is 0.785. The molecule has 0 aromatic heterocycles. The first-order valence-electron chi connectivity index (χ1n) is 5.57. The average Bonchev–Trinajstić information content (AvgIpc) is 2.36. The van der Waals surface area contributed by atoms with E-state index in [1.54, 1.807) is 6.07 Å². The summed E-state index contributed by atoms with van der Waals surface area (Å²) in [7, 11) is 0. The molecule has 2 rings (SSSR count). The van der Waals surface area contributed by atoms with Gasteiger partial charge in [-0.3, -0.25) is 9.59 Å². The minimum atomic E-state index is -0.195. The van der Waals surface area contributed by atoms with Crippen LogP contribution in [0.4, 0.5) is 5.69 Å². The summed E-state index contributed by atoms with van der Waals surface area (Å²) >= 11 is 0. The predicted octanol–water partition coefficient (Wildman–Crippen LogP) is 2.55. The highest BCUT2D eigenvalue weighted by molar-refractivity contribution is 6.10. The number of ketones is 1. The second-order valence-electron chi connectivity index (χ2n) is 4.22. The Kier molecular flexibility index (Phi) is 2.77. The molecule has 0 fully saturated rings. The van der Waals surface area contributed by atoms with Crippen molar-refractivity contribution in [1.82, 2.24) is 0 Å². The number of carbonyl (C=O) groups is 2. The first-order chi connectivity index (χ1) is 7.63. The van der Waals surface area contributed by atoms with Gasteiger partial charge in [-0.05, 0) is 25.0 Å². The first kappa shape index (κ1) is 10.9. The molecule has 1 aliphatic heterocycles. The van der Waals surface area contributed by atoms with E-state index in [0.29, 0.717) is 24.1 Å². The van der Waals surface area contributed by atoms with Crippen LogP contribution in [0.5, 0.6) is 0 Å². The lowest BCUT2D eigenvalue weighted by Gasteiger charge is -2.08. The molecule has 0 bridgehead atoms. The number of Topliss-reactive ketones (excluding diaryl/α,β-unsaturated/α-hetero) is 1. The number of rotatable bonds is 1. The van der Waals surface area contributed by atoms with Gasteiger partial charge in [-0.2, -0.15) is 0 Å². The third-order valence-corrected chi connectivity index (χ3v) is 3.10. The van der Waals surface area contributed by atoms with Crippen molar-refractivity contribution in [3.8, 4) is 0 Å². The fourth-order valence-electron chi connectivity index (χ4n) is 2.13. The average molecular weight is 217 g/mol. The number of aryl methyl sites for hydroxylation is 1. The molecule has 1 aromatic rings. The molecule has 1 aliphatic rings. The predicted molar refractivity (Wildman–Crippen MR) is 62.5 cm³/mol. The standard InChI is InChI=1S/C13H15NO2/c1-3-9-7-11(15)12-8(2)5-4-6-10(12)14-13(9)16/h4-6,9H,3,7H2,1-2H3,(H,14,16)/t9-/m1/s1. The van der Waals surface area contributed by atoms with Gasteiger partial charge in [0.15, 0.2) is 5.78 Å². The van der Waals surface area contributed by atoms with Crippen molar-refractivity contribution in [2.75, 3.05) is 5.32 Å². The lowest BCUT2D eigenvalue weighted by Crippen LogP contribution is -2.21. The molecule has 0 radical (unpaired) electrons. The van der Waals surface area contributed by atoms with E-state index < -0.39 is 0 Å². The zero-order chi connectivity index (χ0) is 11.7. The van der Waals surface area contributed by atoms with Crippen molar-refractivity contribution >= 4 is 17.4 Å². The van der Waals surface area contributed by atoms with Crippen LogP contribution in [0.25, 0.3) is 0 Å². The molecule has 1 atom stereocenters. The number of hydrogen-bond acceptors (Lipinski definition) is 2. The van der Waals surface area contributed by atoms with Crippen LogP contribution in [0.1, 0.15) is 35.7 Å². The van der Waals surface area contributed by atoms with Crippen LogP contribution in [0, 0.1) is 12.8 Å². The maximum Gasteiger partial charge on any atom is 0.227 e. The zero-order valence-corrected chi connectivity index (χ0v) is 9.54. The van der Waals surface area contributed by atoms with Gasteiger partial charge in [0.25, 0.3) is 0 Å². The van der Waals surface area contributed by atoms with Crippen LogP contribution >= 0.6 is 0 Å². The van der Waals surface area contributed by atoms with Gasteiger partial charge in [-0.25, -0.2) is 0 Å². The van der Waals surface area contributed by atoms with E-state index >= 15 is 0 Å². The number of anilines is 1. The molecular weight excluding hydrogens is 202 g/mol.